The molecule has 1 amide bonds. The third kappa shape index (κ3) is 4.58. The van der Waals surface area contributed by atoms with Crippen LogP contribution in [-0.4, -0.2) is 39.4 Å². The maximum Gasteiger partial charge on any atom is 0.419 e. The number of benzene rings is 1. The number of rotatable bonds is 0. The van der Waals surface area contributed by atoms with Crippen LogP contribution in [0.5, 0.6) is 0 Å². The first-order chi connectivity index (χ1) is 13.7. The fourth-order valence-corrected chi connectivity index (χ4v) is 4.65. The molecule has 1 aromatic carbocycles. The maximum absolute atomic E-state index is 13.1. The van der Waals surface area contributed by atoms with E-state index in [-0.39, 0.29) is 11.6 Å². The number of fused-ring (bicyclic) bond motifs is 3. The fourth-order valence-electron chi connectivity index (χ4n) is 3.43. The molecule has 1 aliphatic rings. The van der Waals surface area contributed by atoms with E-state index < -0.39 is 23.4 Å². The van der Waals surface area contributed by atoms with Gasteiger partial charge in [-0.15, -0.1) is 0 Å². The second kappa shape index (κ2) is 7.92. The predicted octanol–water partition coefficient (Wildman–Crippen LogP) is 6.79. The quantitative estimate of drug-likeness (QED) is 0.359. The summed E-state index contributed by atoms with van der Waals surface area (Å²) in [4.78, 5) is 27.4. The van der Waals surface area contributed by atoms with E-state index in [4.69, 9.17) is 32.7 Å². The number of carbonyl (C=O) groups excluding carboxylic acids is 2. The van der Waals surface area contributed by atoms with Gasteiger partial charge >= 0.3 is 12.2 Å². The highest BCUT2D eigenvalue weighted by Gasteiger charge is 2.34. The maximum atomic E-state index is 13.1. The van der Waals surface area contributed by atoms with Crippen molar-refractivity contribution in [3.05, 3.63) is 31.8 Å². The average molecular weight is 520 g/mol. The molecule has 3 rings (SSSR count). The molecule has 164 valence electrons. The summed E-state index contributed by atoms with van der Waals surface area (Å²) in [5.74, 6) is 0. The van der Waals surface area contributed by atoms with Gasteiger partial charge in [0.15, 0.2) is 0 Å². The fraction of sp³-hybridized carbons (Fsp3) is 0.524. The zero-order valence-corrected chi connectivity index (χ0v) is 21.0. The van der Waals surface area contributed by atoms with E-state index >= 15 is 0 Å². The Hall–Kier alpha value is -1.44. The largest absolute Gasteiger partial charge is 0.444 e. The van der Waals surface area contributed by atoms with Crippen molar-refractivity contribution in [3.8, 4) is 0 Å². The molecule has 1 aliphatic heterocycles. The first-order valence-electron chi connectivity index (χ1n) is 9.60. The Morgan fingerprint density at radius 2 is 1.60 bits per heavy atom. The summed E-state index contributed by atoms with van der Waals surface area (Å²) in [5.41, 5.74) is 0.767. The predicted molar refractivity (Wildman–Crippen MR) is 122 cm³/mol. The third-order valence-corrected chi connectivity index (χ3v) is 5.89. The van der Waals surface area contributed by atoms with Crippen LogP contribution in [0.1, 0.15) is 52.8 Å². The lowest BCUT2D eigenvalue weighted by Crippen LogP contribution is -2.40. The van der Waals surface area contributed by atoms with Crippen LogP contribution in [0.15, 0.2) is 10.5 Å². The highest BCUT2D eigenvalue weighted by Crippen LogP contribution is 2.43. The van der Waals surface area contributed by atoms with Gasteiger partial charge in [-0.3, -0.25) is 0 Å². The molecular weight excluding hydrogens is 495 g/mol. The van der Waals surface area contributed by atoms with Crippen LogP contribution >= 0.6 is 39.1 Å². The first-order valence-corrected chi connectivity index (χ1v) is 11.2. The molecule has 0 atom stereocenters. The topological polar surface area (TPSA) is 60.8 Å². The molecule has 0 saturated heterocycles. The van der Waals surface area contributed by atoms with Crippen molar-refractivity contribution in [3.63, 3.8) is 0 Å². The third-order valence-electron chi connectivity index (χ3n) is 4.49. The average Bonchev–Trinajstić information content (AvgIpc) is 2.91. The van der Waals surface area contributed by atoms with Crippen LogP contribution < -0.4 is 0 Å². The van der Waals surface area contributed by atoms with E-state index in [1.54, 1.807) is 31.7 Å². The molecule has 6 nitrogen and oxygen atoms in total. The number of nitrogens with zero attached hydrogens (tertiary/aromatic N) is 2. The van der Waals surface area contributed by atoms with E-state index in [1.807, 2.05) is 20.8 Å². The molecule has 2 heterocycles. The van der Waals surface area contributed by atoms with Gasteiger partial charge in [-0.2, -0.15) is 0 Å². The molecule has 0 bridgehead atoms. The number of halogens is 3. The van der Waals surface area contributed by atoms with E-state index in [0.29, 0.717) is 28.0 Å². The summed E-state index contributed by atoms with van der Waals surface area (Å²) in [6.07, 6.45) is -0.485. The Kier molecular flexibility index (Phi) is 6.13. The molecule has 0 unspecified atom stereocenters. The molecular formula is C21H25BrCl2N2O4. The summed E-state index contributed by atoms with van der Waals surface area (Å²) in [6, 6.07) is 1.69. The molecule has 0 radical (unpaired) electrons. The van der Waals surface area contributed by atoms with Crippen LogP contribution in [0.4, 0.5) is 9.59 Å². The molecule has 1 aromatic heterocycles. The van der Waals surface area contributed by atoms with E-state index in [2.05, 4.69) is 15.9 Å². The highest BCUT2D eigenvalue weighted by molar-refractivity contribution is 9.10. The SMILES string of the molecule is CC(C)(C)OC(=O)N1CCc2c(c3c(Br)cc(Cl)c(Cl)c3n2C(=O)OC(C)(C)C)C1. The summed E-state index contributed by atoms with van der Waals surface area (Å²) in [7, 11) is 0. The van der Waals surface area contributed by atoms with Crippen molar-refractivity contribution >= 4 is 62.2 Å². The minimum Gasteiger partial charge on any atom is -0.444 e. The van der Waals surface area contributed by atoms with Gasteiger partial charge in [0, 0.05) is 34.1 Å². The standard InChI is InChI=1S/C21H25BrCl2N2O4/c1-20(2,3)29-18(27)25-8-7-14-11(10-25)15-12(22)9-13(23)16(24)17(15)26(14)19(28)30-21(4,5)6/h9H,7-8,10H2,1-6H3. The van der Waals surface area contributed by atoms with Crippen LogP contribution in [0.3, 0.4) is 0 Å². The monoisotopic (exact) mass is 518 g/mol. The van der Waals surface area contributed by atoms with E-state index in [0.717, 1.165) is 16.6 Å². The Bertz CT molecular complexity index is 1030. The summed E-state index contributed by atoms with van der Waals surface area (Å²) >= 11 is 16.4. The number of hydrogen-bond donors (Lipinski definition) is 0. The Morgan fingerprint density at radius 1 is 1.03 bits per heavy atom. The Labute approximate surface area is 194 Å². The molecule has 30 heavy (non-hydrogen) atoms. The normalized spacial score (nSPS) is 14.6. The molecule has 0 saturated carbocycles. The van der Waals surface area contributed by atoms with E-state index in [1.165, 1.54) is 4.57 Å². The molecule has 0 fully saturated rings. The zero-order chi connectivity index (χ0) is 22.6. The molecule has 9 heteroatoms. The molecule has 0 aliphatic carbocycles. The summed E-state index contributed by atoms with van der Waals surface area (Å²) in [5, 5.41) is 1.32. The van der Waals surface area contributed by atoms with Crippen molar-refractivity contribution < 1.29 is 19.1 Å². The van der Waals surface area contributed by atoms with Crippen LogP contribution in [0.2, 0.25) is 10.0 Å². The van der Waals surface area contributed by atoms with Gasteiger partial charge in [-0.1, -0.05) is 39.1 Å². The summed E-state index contributed by atoms with van der Waals surface area (Å²) in [6.45, 7) is 11.6. The molecule has 0 spiro atoms. The lowest BCUT2D eigenvalue weighted by atomic mass is 10.0. The minimum atomic E-state index is -0.680. The van der Waals surface area contributed by atoms with Gasteiger partial charge < -0.3 is 14.4 Å². The van der Waals surface area contributed by atoms with Gasteiger partial charge in [-0.05, 0) is 47.6 Å². The number of hydrogen-bond acceptors (Lipinski definition) is 4. The first kappa shape index (κ1) is 23.2. The van der Waals surface area contributed by atoms with Gasteiger partial charge in [-0.25, -0.2) is 14.2 Å². The van der Waals surface area contributed by atoms with Crippen LogP contribution in [-0.2, 0) is 22.4 Å². The zero-order valence-electron chi connectivity index (χ0n) is 17.9. The lowest BCUT2D eigenvalue weighted by Gasteiger charge is -2.30. The van der Waals surface area contributed by atoms with Crippen molar-refractivity contribution in [1.29, 1.82) is 0 Å². The van der Waals surface area contributed by atoms with Crippen LogP contribution in [0.25, 0.3) is 10.9 Å². The van der Waals surface area contributed by atoms with Crippen molar-refractivity contribution in [2.45, 2.75) is 65.7 Å². The highest BCUT2D eigenvalue weighted by atomic mass is 79.9. The number of carbonyl (C=O) groups is 2. The molecule has 0 N–H and O–H groups in total. The summed E-state index contributed by atoms with van der Waals surface area (Å²) < 4.78 is 13.3. The second-order valence-electron chi connectivity index (χ2n) is 9.27. The van der Waals surface area contributed by atoms with Gasteiger partial charge in [0.25, 0.3) is 0 Å². The Balaban J connectivity index is 2.16. The van der Waals surface area contributed by atoms with Gasteiger partial charge in [0.2, 0.25) is 0 Å². The number of aromatic nitrogens is 1. The van der Waals surface area contributed by atoms with Crippen molar-refractivity contribution in [2.75, 3.05) is 6.54 Å². The van der Waals surface area contributed by atoms with Gasteiger partial charge in [0.05, 0.1) is 22.1 Å². The minimum absolute atomic E-state index is 0.263. The van der Waals surface area contributed by atoms with E-state index in [9.17, 15) is 9.59 Å². The van der Waals surface area contributed by atoms with Crippen molar-refractivity contribution in [2.24, 2.45) is 0 Å². The number of amides is 1. The smallest absolute Gasteiger partial charge is 0.419 e. The Morgan fingerprint density at radius 3 is 2.17 bits per heavy atom. The molecule has 2 aromatic rings. The van der Waals surface area contributed by atoms with Crippen LogP contribution in [0, 0.1) is 0 Å². The van der Waals surface area contributed by atoms with Gasteiger partial charge in [0.1, 0.15) is 11.2 Å². The second-order valence-corrected chi connectivity index (χ2v) is 10.9. The van der Waals surface area contributed by atoms with Crippen molar-refractivity contribution in [1.82, 2.24) is 9.47 Å². The lowest BCUT2D eigenvalue weighted by molar-refractivity contribution is 0.0223. The number of ether oxygens (including phenoxy) is 2.